The van der Waals surface area contributed by atoms with E-state index in [-0.39, 0.29) is 6.61 Å². The molecule has 0 radical (unpaired) electrons. The summed E-state index contributed by atoms with van der Waals surface area (Å²) in [6.07, 6.45) is 5.58. The van der Waals surface area contributed by atoms with Gasteiger partial charge < -0.3 is 9.67 Å². The molecule has 0 aliphatic carbocycles. The summed E-state index contributed by atoms with van der Waals surface area (Å²) < 4.78 is 9.98. The lowest BCUT2D eigenvalue weighted by Gasteiger charge is -1.96. The van der Waals surface area contributed by atoms with Gasteiger partial charge in [-0.2, -0.15) is 8.75 Å². The van der Waals surface area contributed by atoms with Crippen molar-refractivity contribution in [2.75, 3.05) is 0 Å². The summed E-state index contributed by atoms with van der Waals surface area (Å²) in [5.74, 6) is 0. The van der Waals surface area contributed by atoms with E-state index in [1.807, 2.05) is 23.0 Å². The van der Waals surface area contributed by atoms with E-state index in [0.29, 0.717) is 0 Å². The number of hydrogen-bond acceptors (Lipinski definition) is 4. The lowest BCUT2D eigenvalue weighted by molar-refractivity contribution is 0.282. The first-order chi connectivity index (χ1) is 6.38. The van der Waals surface area contributed by atoms with E-state index in [1.165, 1.54) is 11.7 Å². The van der Waals surface area contributed by atoms with E-state index >= 15 is 0 Å². The van der Waals surface area contributed by atoms with Crippen LogP contribution in [-0.4, -0.2) is 18.4 Å². The zero-order chi connectivity index (χ0) is 9.10. The highest BCUT2D eigenvalue weighted by molar-refractivity contribution is 6.99. The molecule has 2 rings (SSSR count). The molecular weight excluding hydrogens is 186 g/mol. The maximum atomic E-state index is 8.84. The van der Waals surface area contributed by atoms with Crippen molar-refractivity contribution in [1.82, 2.24) is 13.3 Å². The normalized spacial score (nSPS) is 10.5. The molecule has 4 nitrogen and oxygen atoms in total. The van der Waals surface area contributed by atoms with Crippen LogP contribution in [0.2, 0.25) is 0 Å². The third kappa shape index (κ3) is 1.93. The predicted octanol–water partition coefficient (Wildman–Crippen LogP) is 0.880. The fraction of sp³-hybridized carbons (Fsp3) is 0.250. The van der Waals surface area contributed by atoms with Crippen molar-refractivity contribution in [2.24, 2.45) is 0 Å². The minimum atomic E-state index is 0.0856. The van der Waals surface area contributed by atoms with E-state index in [9.17, 15) is 0 Å². The van der Waals surface area contributed by atoms with Crippen LogP contribution >= 0.6 is 11.7 Å². The second-order valence-corrected chi connectivity index (χ2v) is 3.31. The first kappa shape index (κ1) is 8.40. The molecule has 0 aliphatic rings. The molecule has 0 atom stereocenters. The molecule has 0 aliphatic heterocycles. The molecule has 5 heteroatoms. The molecule has 0 amide bonds. The predicted molar refractivity (Wildman–Crippen MR) is 49.4 cm³/mol. The van der Waals surface area contributed by atoms with Gasteiger partial charge in [0.05, 0.1) is 36.8 Å². The Balaban J connectivity index is 2.10. The maximum absolute atomic E-state index is 8.84. The number of aliphatic hydroxyl groups is 1. The Morgan fingerprint density at radius 2 is 2.46 bits per heavy atom. The molecule has 0 unspecified atom stereocenters. The van der Waals surface area contributed by atoms with E-state index in [0.717, 1.165) is 17.8 Å². The summed E-state index contributed by atoms with van der Waals surface area (Å²) >= 11 is 1.21. The fourth-order valence-electron chi connectivity index (χ4n) is 1.12. The lowest BCUT2D eigenvalue weighted by atomic mass is 10.4. The Kier molecular flexibility index (Phi) is 2.37. The molecule has 0 saturated heterocycles. The van der Waals surface area contributed by atoms with Crippen LogP contribution in [0.4, 0.5) is 0 Å². The summed E-state index contributed by atoms with van der Waals surface area (Å²) in [4.78, 5) is 0. The molecule has 68 valence electrons. The first-order valence-corrected chi connectivity index (χ1v) is 4.63. The standard InChI is InChI=1S/C8H9N3OS/c12-6-7-1-2-11(4-7)5-8-3-9-13-10-8/h1-4,12H,5-6H2. The van der Waals surface area contributed by atoms with Crippen molar-refractivity contribution in [1.29, 1.82) is 0 Å². The van der Waals surface area contributed by atoms with Gasteiger partial charge in [0, 0.05) is 12.4 Å². The molecule has 0 spiro atoms. The van der Waals surface area contributed by atoms with Crippen molar-refractivity contribution in [2.45, 2.75) is 13.2 Å². The van der Waals surface area contributed by atoms with Crippen molar-refractivity contribution in [3.8, 4) is 0 Å². The topological polar surface area (TPSA) is 50.9 Å². The average molecular weight is 195 g/mol. The Labute approximate surface area is 79.8 Å². The third-order valence-corrected chi connectivity index (χ3v) is 2.26. The van der Waals surface area contributed by atoms with Gasteiger partial charge in [-0.25, -0.2) is 0 Å². The summed E-state index contributed by atoms with van der Waals surface area (Å²) in [5.41, 5.74) is 1.87. The highest BCUT2D eigenvalue weighted by atomic mass is 32.1. The fourth-order valence-corrected chi connectivity index (χ4v) is 1.55. The van der Waals surface area contributed by atoms with Gasteiger partial charge in [-0.1, -0.05) is 0 Å². The molecule has 1 N–H and O–H groups in total. The number of hydrogen-bond donors (Lipinski definition) is 1. The van der Waals surface area contributed by atoms with E-state index in [4.69, 9.17) is 5.11 Å². The molecular formula is C8H9N3OS. The average Bonchev–Trinajstić information content (AvgIpc) is 2.76. The van der Waals surface area contributed by atoms with Crippen molar-refractivity contribution in [3.05, 3.63) is 35.9 Å². The Bertz CT molecular complexity index is 368. The van der Waals surface area contributed by atoms with Crippen molar-refractivity contribution < 1.29 is 5.11 Å². The minimum absolute atomic E-state index is 0.0856. The van der Waals surface area contributed by atoms with Crippen LogP contribution in [0.3, 0.4) is 0 Å². The second kappa shape index (κ2) is 3.68. The van der Waals surface area contributed by atoms with Gasteiger partial charge in [0.25, 0.3) is 0 Å². The SMILES string of the molecule is OCc1ccn(Cc2cnsn2)c1. The summed E-state index contributed by atoms with van der Waals surface area (Å²) in [7, 11) is 0. The second-order valence-electron chi connectivity index (χ2n) is 2.75. The van der Waals surface area contributed by atoms with Crippen LogP contribution in [0.5, 0.6) is 0 Å². The highest BCUT2D eigenvalue weighted by Crippen LogP contribution is 2.04. The summed E-state index contributed by atoms with van der Waals surface area (Å²) in [6.45, 7) is 0.804. The minimum Gasteiger partial charge on any atom is -0.392 e. The zero-order valence-electron chi connectivity index (χ0n) is 6.92. The van der Waals surface area contributed by atoms with Crippen LogP contribution in [0, 0.1) is 0 Å². The molecule has 0 bridgehead atoms. The Hall–Kier alpha value is -1.20. The number of nitrogens with zero attached hydrogens (tertiary/aromatic N) is 3. The summed E-state index contributed by atoms with van der Waals surface area (Å²) in [5, 5.41) is 8.84. The molecule has 2 aromatic heterocycles. The van der Waals surface area contributed by atoms with Crippen LogP contribution < -0.4 is 0 Å². The van der Waals surface area contributed by atoms with Gasteiger partial charge in [-0.15, -0.1) is 0 Å². The maximum Gasteiger partial charge on any atom is 0.0939 e. The van der Waals surface area contributed by atoms with Gasteiger partial charge in [0.15, 0.2) is 0 Å². The van der Waals surface area contributed by atoms with Gasteiger partial charge >= 0.3 is 0 Å². The van der Waals surface area contributed by atoms with Gasteiger partial charge in [-0.3, -0.25) is 0 Å². The molecule has 0 aromatic carbocycles. The van der Waals surface area contributed by atoms with Crippen LogP contribution in [-0.2, 0) is 13.2 Å². The van der Waals surface area contributed by atoms with Gasteiger partial charge in [-0.05, 0) is 11.6 Å². The molecule has 0 saturated carbocycles. The lowest BCUT2D eigenvalue weighted by Crippen LogP contribution is -1.95. The van der Waals surface area contributed by atoms with Gasteiger partial charge in [0.1, 0.15) is 0 Å². The number of aromatic nitrogens is 3. The highest BCUT2D eigenvalue weighted by Gasteiger charge is 1.98. The Morgan fingerprint density at radius 1 is 1.54 bits per heavy atom. The smallest absolute Gasteiger partial charge is 0.0939 e. The largest absolute Gasteiger partial charge is 0.392 e. The summed E-state index contributed by atoms with van der Waals surface area (Å²) in [6, 6.07) is 1.89. The van der Waals surface area contributed by atoms with E-state index < -0.39 is 0 Å². The first-order valence-electron chi connectivity index (χ1n) is 3.90. The zero-order valence-corrected chi connectivity index (χ0v) is 7.74. The molecule has 2 aromatic rings. The van der Waals surface area contributed by atoms with Crippen molar-refractivity contribution in [3.63, 3.8) is 0 Å². The van der Waals surface area contributed by atoms with Crippen LogP contribution in [0.1, 0.15) is 11.3 Å². The quantitative estimate of drug-likeness (QED) is 0.791. The van der Waals surface area contributed by atoms with Crippen molar-refractivity contribution >= 4 is 11.7 Å². The molecule has 0 fully saturated rings. The monoisotopic (exact) mass is 195 g/mol. The van der Waals surface area contributed by atoms with Crippen LogP contribution in [0.25, 0.3) is 0 Å². The van der Waals surface area contributed by atoms with Gasteiger partial charge in [0.2, 0.25) is 0 Å². The number of rotatable bonds is 3. The Morgan fingerprint density at radius 3 is 3.08 bits per heavy atom. The van der Waals surface area contributed by atoms with E-state index in [1.54, 1.807) is 6.20 Å². The molecule has 13 heavy (non-hydrogen) atoms. The van der Waals surface area contributed by atoms with E-state index in [2.05, 4.69) is 8.75 Å². The number of aliphatic hydroxyl groups excluding tert-OH is 1. The molecule has 2 heterocycles. The van der Waals surface area contributed by atoms with Crippen LogP contribution in [0.15, 0.2) is 24.7 Å². The third-order valence-electron chi connectivity index (χ3n) is 1.75.